The number of carbonyl (C=O) groups excluding carboxylic acids is 1. The highest BCUT2D eigenvalue weighted by Crippen LogP contribution is 2.25. The Bertz CT molecular complexity index is 464. The first-order valence-corrected chi connectivity index (χ1v) is 7.74. The van der Waals surface area contributed by atoms with Gasteiger partial charge in [0.1, 0.15) is 5.82 Å². The number of nitrogens with one attached hydrogen (secondary N) is 1. The van der Waals surface area contributed by atoms with Gasteiger partial charge in [-0.25, -0.2) is 4.98 Å². The van der Waals surface area contributed by atoms with E-state index in [0.717, 1.165) is 50.5 Å². The minimum atomic E-state index is 0.292. The predicted molar refractivity (Wildman–Crippen MR) is 77.6 cm³/mol. The number of carbonyl (C=O) groups is 1. The molecule has 0 aliphatic carbocycles. The number of amides is 1. The number of nitrogens with zero attached hydrogens (tertiary/aromatic N) is 3. The van der Waals surface area contributed by atoms with Gasteiger partial charge in [-0.15, -0.1) is 0 Å². The van der Waals surface area contributed by atoms with Gasteiger partial charge in [-0.05, 0) is 45.7 Å². The molecule has 1 amide bonds. The maximum atomic E-state index is 12.4. The van der Waals surface area contributed by atoms with Crippen molar-refractivity contribution in [1.29, 1.82) is 0 Å². The monoisotopic (exact) mass is 276 g/mol. The van der Waals surface area contributed by atoms with Crippen LogP contribution in [0.15, 0.2) is 6.20 Å². The van der Waals surface area contributed by atoms with E-state index in [4.69, 9.17) is 0 Å². The van der Waals surface area contributed by atoms with Crippen molar-refractivity contribution in [3.8, 4) is 0 Å². The number of rotatable bonds is 3. The molecule has 2 aliphatic rings. The maximum absolute atomic E-state index is 12.4. The number of imidazole rings is 1. The minimum Gasteiger partial charge on any atom is -0.346 e. The molecule has 0 bridgehead atoms. The van der Waals surface area contributed by atoms with E-state index < -0.39 is 0 Å². The number of aromatic nitrogens is 2. The van der Waals surface area contributed by atoms with Gasteiger partial charge in [0, 0.05) is 30.9 Å². The molecule has 0 saturated carbocycles. The third kappa shape index (κ3) is 3.03. The summed E-state index contributed by atoms with van der Waals surface area (Å²) in [6.07, 6.45) is 6.56. The Morgan fingerprint density at radius 1 is 1.35 bits per heavy atom. The van der Waals surface area contributed by atoms with E-state index >= 15 is 0 Å². The number of hydrogen-bond donors (Lipinski definition) is 1. The average Bonchev–Trinajstić information content (AvgIpc) is 3.10. The number of aryl methyl sites for hydroxylation is 1. The Morgan fingerprint density at radius 2 is 2.15 bits per heavy atom. The van der Waals surface area contributed by atoms with Crippen LogP contribution >= 0.6 is 0 Å². The van der Waals surface area contributed by atoms with E-state index in [0.29, 0.717) is 18.4 Å². The molecule has 1 N–H and O–H groups in total. The van der Waals surface area contributed by atoms with E-state index in [9.17, 15) is 4.79 Å². The van der Waals surface area contributed by atoms with Gasteiger partial charge in [-0.3, -0.25) is 9.69 Å². The molecule has 1 unspecified atom stereocenters. The summed E-state index contributed by atoms with van der Waals surface area (Å²) in [5, 5.41) is 0. The molecule has 20 heavy (non-hydrogen) atoms. The number of piperidine rings is 1. The van der Waals surface area contributed by atoms with Crippen LogP contribution in [0, 0.1) is 6.92 Å². The fraction of sp³-hybridized carbons (Fsp3) is 0.733. The Hall–Kier alpha value is -1.36. The molecule has 5 heteroatoms. The highest BCUT2D eigenvalue weighted by atomic mass is 16.2. The standard InChI is InChI=1S/C15H24N4O/c1-12-9-16-15(17-12)13-5-4-8-19(10-13)14(20)11-18-6-2-3-7-18/h9,13H,2-8,10-11H2,1H3,(H,16,17). The average molecular weight is 276 g/mol. The molecule has 0 spiro atoms. The summed E-state index contributed by atoms with van der Waals surface area (Å²) >= 11 is 0. The van der Waals surface area contributed by atoms with E-state index in [-0.39, 0.29) is 0 Å². The molecule has 3 heterocycles. The summed E-state index contributed by atoms with van der Waals surface area (Å²) in [5.74, 6) is 1.71. The largest absolute Gasteiger partial charge is 0.346 e. The van der Waals surface area contributed by atoms with Crippen molar-refractivity contribution in [3.05, 3.63) is 17.7 Å². The van der Waals surface area contributed by atoms with Crippen molar-refractivity contribution in [3.63, 3.8) is 0 Å². The first-order chi connectivity index (χ1) is 9.72. The van der Waals surface area contributed by atoms with Crippen molar-refractivity contribution in [2.45, 2.75) is 38.5 Å². The summed E-state index contributed by atoms with van der Waals surface area (Å²) in [6.45, 7) is 6.52. The van der Waals surface area contributed by atoms with E-state index in [2.05, 4.69) is 14.9 Å². The van der Waals surface area contributed by atoms with Crippen molar-refractivity contribution in [1.82, 2.24) is 19.8 Å². The molecule has 2 fully saturated rings. The molecule has 110 valence electrons. The zero-order chi connectivity index (χ0) is 13.9. The molecule has 1 atom stereocenters. The Morgan fingerprint density at radius 3 is 2.85 bits per heavy atom. The van der Waals surface area contributed by atoms with Crippen LogP contribution in [-0.4, -0.2) is 58.4 Å². The lowest BCUT2D eigenvalue weighted by Gasteiger charge is -2.33. The van der Waals surface area contributed by atoms with Gasteiger partial charge in [0.25, 0.3) is 0 Å². The topological polar surface area (TPSA) is 52.2 Å². The fourth-order valence-electron chi connectivity index (χ4n) is 3.30. The van der Waals surface area contributed by atoms with E-state index in [1.165, 1.54) is 12.8 Å². The molecule has 0 radical (unpaired) electrons. The van der Waals surface area contributed by atoms with Crippen molar-refractivity contribution in [2.75, 3.05) is 32.7 Å². The Labute approximate surface area is 120 Å². The summed E-state index contributed by atoms with van der Waals surface area (Å²) in [6, 6.07) is 0. The lowest BCUT2D eigenvalue weighted by molar-refractivity contribution is -0.133. The van der Waals surface area contributed by atoms with E-state index in [1.807, 2.05) is 18.0 Å². The van der Waals surface area contributed by atoms with Crippen LogP contribution in [-0.2, 0) is 4.79 Å². The second-order valence-electron chi connectivity index (χ2n) is 6.11. The van der Waals surface area contributed by atoms with Crippen molar-refractivity contribution < 1.29 is 4.79 Å². The summed E-state index contributed by atoms with van der Waals surface area (Å²) < 4.78 is 0. The second kappa shape index (κ2) is 5.95. The molecular weight excluding hydrogens is 252 g/mol. The van der Waals surface area contributed by atoms with Crippen molar-refractivity contribution >= 4 is 5.91 Å². The van der Waals surface area contributed by atoms with Gasteiger partial charge in [0.2, 0.25) is 5.91 Å². The minimum absolute atomic E-state index is 0.292. The molecule has 1 aromatic heterocycles. The van der Waals surface area contributed by atoms with Gasteiger partial charge >= 0.3 is 0 Å². The number of H-pyrrole nitrogens is 1. The second-order valence-corrected chi connectivity index (χ2v) is 6.11. The molecule has 0 aromatic carbocycles. The van der Waals surface area contributed by atoms with Crippen LogP contribution < -0.4 is 0 Å². The molecule has 5 nitrogen and oxygen atoms in total. The van der Waals surface area contributed by atoms with Crippen LogP contribution in [0.3, 0.4) is 0 Å². The molecule has 1 aromatic rings. The Kier molecular flexibility index (Phi) is 4.05. The fourth-order valence-corrected chi connectivity index (χ4v) is 3.30. The van der Waals surface area contributed by atoms with Gasteiger partial charge in [-0.2, -0.15) is 0 Å². The highest BCUT2D eigenvalue weighted by molar-refractivity contribution is 5.78. The zero-order valence-corrected chi connectivity index (χ0v) is 12.3. The van der Waals surface area contributed by atoms with Gasteiger partial charge in [0.15, 0.2) is 0 Å². The number of likely N-dealkylation sites (tertiary alicyclic amines) is 2. The zero-order valence-electron chi connectivity index (χ0n) is 12.3. The van der Waals surface area contributed by atoms with Gasteiger partial charge < -0.3 is 9.88 Å². The number of hydrogen-bond acceptors (Lipinski definition) is 3. The van der Waals surface area contributed by atoms with Crippen LogP contribution in [0.2, 0.25) is 0 Å². The number of aromatic amines is 1. The molecule has 2 aliphatic heterocycles. The quantitative estimate of drug-likeness (QED) is 0.910. The van der Waals surface area contributed by atoms with Crippen LogP contribution in [0.4, 0.5) is 0 Å². The third-order valence-corrected chi connectivity index (χ3v) is 4.44. The Balaban J connectivity index is 1.58. The first-order valence-electron chi connectivity index (χ1n) is 7.74. The normalized spacial score (nSPS) is 24.2. The van der Waals surface area contributed by atoms with E-state index in [1.54, 1.807) is 0 Å². The smallest absolute Gasteiger partial charge is 0.236 e. The van der Waals surface area contributed by atoms with Crippen LogP contribution in [0.1, 0.15) is 43.1 Å². The van der Waals surface area contributed by atoms with Gasteiger partial charge in [-0.1, -0.05) is 0 Å². The highest BCUT2D eigenvalue weighted by Gasteiger charge is 2.27. The SMILES string of the molecule is Cc1cnc(C2CCCN(C(=O)CN3CCCC3)C2)[nH]1. The molecule has 3 rings (SSSR count). The summed E-state index contributed by atoms with van der Waals surface area (Å²) in [5.41, 5.74) is 1.10. The van der Waals surface area contributed by atoms with Gasteiger partial charge in [0.05, 0.1) is 6.54 Å². The van der Waals surface area contributed by atoms with Crippen LogP contribution in [0.25, 0.3) is 0 Å². The maximum Gasteiger partial charge on any atom is 0.236 e. The lowest BCUT2D eigenvalue weighted by atomic mass is 9.97. The first kappa shape index (κ1) is 13.6. The summed E-state index contributed by atoms with van der Waals surface area (Å²) in [4.78, 5) is 24.5. The summed E-state index contributed by atoms with van der Waals surface area (Å²) in [7, 11) is 0. The van der Waals surface area contributed by atoms with Crippen molar-refractivity contribution in [2.24, 2.45) is 0 Å². The van der Waals surface area contributed by atoms with Crippen LogP contribution in [0.5, 0.6) is 0 Å². The molecule has 2 saturated heterocycles. The molecular formula is C15H24N4O. The predicted octanol–water partition coefficient (Wildman–Crippen LogP) is 1.52. The third-order valence-electron chi connectivity index (χ3n) is 4.44. The lowest BCUT2D eigenvalue weighted by Crippen LogP contribution is -2.44.